The number of hydrogen-bond donors (Lipinski definition) is 2. The van der Waals surface area contributed by atoms with Gasteiger partial charge in [0.15, 0.2) is 0 Å². The number of rotatable bonds is 6. The fourth-order valence-electron chi connectivity index (χ4n) is 2.76. The maximum atomic E-state index is 12.7. The molecule has 1 saturated heterocycles. The van der Waals surface area contributed by atoms with Crippen molar-refractivity contribution in [2.45, 2.75) is 23.8 Å². The smallest absolute Gasteiger partial charge is 0.257 e. The molecule has 0 spiro atoms. The highest BCUT2D eigenvalue weighted by molar-refractivity contribution is 7.89. The van der Waals surface area contributed by atoms with Gasteiger partial charge in [-0.3, -0.25) is 4.79 Å². The number of amides is 1. The highest BCUT2D eigenvalue weighted by Gasteiger charge is 2.25. The van der Waals surface area contributed by atoms with Crippen LogP contribution in [0.15, 0.2) is 41.3 Å². The zero-order valence-electron chi connectivity index (χ0n) is 14.5. The lowest BCUT2D eigenvalue weighted by atomic mass is 10.2. The molecule has 0 bridgehead atoms. The van der Waals surface area contributed by atoms with Gasteiger partial charge in [-0.15, -0.1) is 0 Å². The third-order valence-electron chi connectivity index (χ3n) is 4.16. The molecule has 0 radical (unpaired) electrons. The van der Waals surface area contributed by atoms with E-state index < -0.39 is 15.9 Å². The van der Waals surface area contributed by atoms with Crippen LogP contribution in [0.25, 0.3) is 0 Å². The van der Waals surface area contributed by atoms with Gasteiger partial charge in [-0.25, -0.2) is 13.1 Å². The Hall–Kier alpha value is -1.35. The number of ether oxygens (including phenoxy) is 1. The van der Waals surface area contributed by atoms with Crippen molar-refractivity contribution in [3.8, 4) is 0 Å². The predicted molar refractivity (Wildman–Crippen MR) is 110 cm³/mol. The first-order valence-corrected chi connectivity index (χ1v) is 11.1. The van der Waals surface area contributed by atoms with Crippen LogP contribution in [0.2, 0.25) is 15.1 Å². The summed E-state index contributed by atoms with van der Waals surface area (Å²) >= 11 is 18.1. The van der Waals surface area contributed by atoms with E-state index in [1.807, 2.05) is 0 Å². The summed E-state index contributed by atoms with van der Waals surface area (Å²) in [5.74, 6) is -0.584. The van der Waals surface area contributed by atoms with Crippen molar-refractivity contribution < 1.29 is 17.9 Å². The Kier molecular flexibility index (Phi) is 6.85. The monoisotopic (exact) mass is 462 g/mol. The number of anilines is 1. The van der Waals surface area contributed by atoms with Crippen molar-refractivity contribution in [2.24, 2.45) is 0 Å². The molecule has 150 valence electrons. The van der Waals surface area contributed by atoms with Gasteiger partial charge in [-0.1, -0.05) is 40.9 Å². The molecular formula is C18H17Cl3N2O4S. The van der Waals surface area contributed by atoms with E-state index in [0.717, 1.165) is 18.9 Å². The molecule has 1 aliphatic rings. The zero-order valence-corrected chi connectivity index (χ0v) is 17.6. The SMILES string of the molecule is O=C(Nc1cccc(Cl)c1)c1cc(S(=O)(=O)NC[C@H]2CCCO2)c(Cl)cc1Cl. The molecule has 0 aromatic heterocycles. The molecule has 1 atom stereocenters. The first-order valence-electron chi connectivity index (χ1n) is 8.43. The van der Waals surface area contributed by atoms with Gasteiger partial charge in [0, 0.05) is 23.9 Å². The lowest BCUT2D eigenvalue weighted by Gasteiger charge is -2.14. The molecule has 0 unspecified atom stereocenters. The summed E-state index contributed by atoms with van der Waals surface area (Å²) in [6.07, 6.45) is 1.50. The van der Waals surface area contributed by atoms with E-state index in [1.165, 1.54) is 6.07 Å². The Morgan fingerprint density at radius 1 is 1.14 bits per heavy atom. The minimum Gasteiger partial charge on any atom is -0.377 e. The van der Waals surface area contributed by atoms with Gasteiger partial charge in [0.25, 0.3) is 5.91 Å². The van der Waals surface area contributed by atoms with Crippen molar-refractivity contribution in [1.29, 1.82) is 0 Å². The second-order valence-electron chi connectivity index (χ2n) is 6.21. The van der Waals surface area contributed by atoms with E-state index in [4.69, 9.17) is 39.5 Å². The van der Waals surface area contributed by atoms with Gasteiger partial charge in [-0.05, 0) is 43.2 Å². The summed E-state index contributed by atoms with van der Waals surface area (Å²) < 4.78 is 33.2. The molecule has 1 fully saturated rings. The van der Waals surface area contributed by atoms with Crippen molar-refractivity contribution >= 4 is 56.4 Å². The second kappa shape index (κ2) is 8.98. The van der Waals surface area contributed by atoms with Crippen molar-refractivity contribution in [2.75, 3.05) is 18.5 Å². The van der Waals surface area contributed by atoms with Crippen LogP contribution in [0.1, 0.15) is 23.2 Å². The Balaban J connectivity index is 1.83. The van der Waals surface area contributed by atoms with Crippen LogP contribution >= 0.6 is 34.8 Å². The van der Waals surface area contributed by atoms with Crippen LogP contribution in [0, 0.1) is 0 Å². The highest BCUT2D eigenvalue weighted by atomic mass is 35.5. The van der Waals surface area contributed by atoms with Crippen LogP contribution in [-0.4, -0.2) is 33.6 Å². The molecule has 2 aromatic carbocycles. The van der Waals surface area contributed by atoms with Gasteiger partial charge < -0.3 is 10.1 Å². The zero-order chi connectivity index (χ0) is 20.3. The topological polar surface area (TPSA) is 84.5 Å². The van der Waals surface area contributed by atoms with Crippen LogP contribution in [0.3, 0.4) is 0 Å². The van der Waals surface area contributed by atoms with E-state index in [-0.39, 0.29) is 33.2 Å². The van der Waals surface area contributed by atoms with Crippen LogP contribution < -0.4 is 10.0 Å². The Labute approximate surface area is 178 Å². The summed E-state index contributed by atoms with van der Waals surface area (Å²) in [7, 11) is -3.95. The summed E-state index contributed by atoms with van der Waals surface area (Å²) in [4.78, 5) is 12.4. The summed E-state index contributed by atoms with van der Waals surface area (Å²) in [6.45, 7) is 0.743. The van der Waals surface area contributed by atoms with E-state index >= 15 is 0 Å². The Bertz CT molecular complexity index is 992. The summed E-state index contributed by atoms with van der Waals surface area (Å²) in [5, 5.41) is 3.03. The molecule has 1 aliphatic heterocycles. The molecule has 1 amide bonds. The summed E-state index contributed by atoms with van der Waals surface area (Å²) in [5.41, 5.74) is 0.424. The Morgan fingerprint density at radius 2 is 1.93 bits per heavy atom. The van der Waals surface area contributed by atoms with E-state index in [1.54, 1.807) is 24.3 Å². The molecule has 2 N–H and O–H groups in total. The molecule has 6 nitrogen and oxygen atoms in total. The highest BCUT2D eigenvalue weighted by Crippen LogP contribution is 2.29. The molecule has 2 aromatic rings. The van der Waals surface area contributed by atoms with Crippen molar-refractivity contribution in [3.05, 3.63) is 57.0 Å². The summed E-state index contributed by atoms with van der Waals surface area (Å²) in [6, 6.07) is 8.93. The molecule has 0 saturated carbocycles. The van der Waals surface area contributed by atoms with E-state index in [9.17, 15) is 13.2 Å². The molecule has 28 heavy (non-hydrogen) atoms. The molecule has 1 heterocycles. The Morgan fingerprint density at radius 3 is 2.61 bits per heavy atom. The minimum atomic E-state index is -3.95. The van der Waals surface area contributed by atoms with Gasteiger partial charge in [0.1, 0.15) is 4.90 Å². The minimum absolute atomic E-state index is 0.0245. The fraction of sp³-hybridized carbons (Fsp3) is 0.278. The van der Waals surface area contributed by atoms with Gasteiger partial charge in [-0.2, -0.15) is 0 Å². The number of sulfonamides is 1. The van der Waals surface area contributed by atoms with Crippen LogP contribution in [0.5, 0.6) is 0 Å². The molecular weight excluding hydrogens is 447 g/mol. The number of carbonyl (C=O) groups is 1. The van der Waals surface area contributed by atoms with E-state index in [0.29, 0.717) is 17.3 Å². The normalized spacial score (nSPS) is 16.9. The first kappa shape index (κ1) is 21.4. The molecule has 0 aliphatic carbocycles. The van der Waals surface area contributed by atoms with E-state index in [2.05, 4.69) is 10.0 Å². The maximum absolute atomic E-state index is 12.7. The number of nitrogens with one attached hydrogen (secondary N) is 2. The first-order chi connectivity index (χ1) is 13.3. The van der Waals surface area contributed by atoms with Crippen LogP contribution in [-0.2, 0) is 14.8 Å². The average molecular weight is 464 g/mol. The van der Waals surface area contributed by atoms with Gasteiger partial charge in [0.2, 0.25) is 10.0 Å². The lowest BCUT2D eigenvalue weighted by Crippen LogP contribution is -2.32. The third kappa shape index (κ3) is 5.17. The standard InChI is InChI=1S/C18H17Cl3N2O4S/c19-11-3-1-4-12(7-11)23-18(24)14-8-17(16(21)9-15(14)20)28(25,26)22-10-13-5-2-6-27-13/h1,3-4,7-9,13,22H,2,5-6,10H2,(H,23,24)/t13-/m1/s1. The maximum Gasteiger partial charge on any atom is 0.257 e. The third-order valence-corrected chi connectivity index (χ3v) is 6.60. The molecule has 3 rings (SSSR count). The number of halogens is 3. The van der Waals surface area contributed by atoms with Crippen molar-refractivity contribution in [3.63, 3.8) is 0 Å². The van der Waals surface area contributed by atoms with Gasteiger partial charge in [0.05, 0.1) is 21.7 Å². The number of carbonyl (C=O) groups excluding carboxylic acids is 1. The number of hydrogen-bond acceptors (Lipinski definition) is 4. The molecule has 10 heteroatoms. The van der Waals surface area contributed by atoms with Gasteiger partial charge >= 0.3 is 0 Å². The van der Waals surface area contributed by atoms with Crippen LogP contribution in [0.4, 0.5) is 5.69 Å². The largest absolute Gasteiger partial charge is 0.377 e. The predicted octanol–water partition coefficient (Wildman–Crippen LogP) is 4.36. The quantitative estimate of drug-likeness (QED) is 0.667. The average Bonchev–Trinajstić information content (AvgIpc) is 3.13. The fourth-order valence-corrected chi connectivity index (χ4v) is 4.87. The second-order valence-corrected chi connectivity index (χ2v) is 9.20. The van der Waals surface area contributed by atoms with Crippen molar-refractivity contribution in [1.82, 2.24) is 4.72 Å². The lowest BCUT2D eigenvalue weighted by molar-refractivity contribution is 0.102. The number of benzene rings is 2.